The number of nitrogens with zero attached hydrogens (tertiary/aromatic N) is 1. The van der Waals surface area contributed by atoms with E-state index < -0.39 is 0 Å². The minimum absolute atomic E-state index is 0.224. The van der Waals surface area contributed by atoms with Crippen LogP contribution in [0, 0.1) is 0 Å². The number of hydrogen-bond acceptors (Lipinski definition) is 4. The number of halogens is 2. The fourth-order valence-corrected chi connectivity index (χ4v) is 3.78. The molecular weight excluding hydrogens is 391 g/mol. The second-order valence-electron chi connectivity index (χ2n) is 5.52. The lowest BCUT2D eigenvalue weighted by atomic mass is 10.2. The summed E-state index contributed by atoms with van der Waals surface area (Å²) in [6, 6.07) is 13.3. The lowest BCUT2D eigenvalue weighted by molar-refractivity contribution is 0.0947. The SMILES string of the molecule is COc1c(Cl)ccc(Cl)c1C(=O)NCc1csc(Cc2ccccc2)n1. The fourth-order valence-electron chi connectivity index (χ4n) is 2.49. The molecule has 1 amide bonds. The van der Waals surface area contributed by atoms with Crippen LogP contribution in [0.25, 0.3) is 0 Å². The van der Waals surface area contributed by atoms with Crippen molar-refractivity contribution >= 4 is 40.4 Å². The summed E-state index contributed by atoms with van der Waals surface area (Å²) >= 11 is 13.8. The monoisotopic (exact) mass is 406 g/mol. The number of thiazole rings is 1. The lowest BCUT2D eigenvalue weighted by Gasteiger charge is -2.11. The van der Waals surface area contributed by atoms with Crippen LogP contribution in [-0.2, 0) is 13.0 Å². The molecule has 3 rings (SSSR count). The zero-order valence-corrected chi connectivity index (χ0v) is 16.3. The van der Waals surface area contributed by atoms with Gasteiger partial charge in [-0.25, -0.2) is 4.98 Å². The third kappa shape index (κ3) is 4.36. The second kappa shape index (κ2) is 8.54. The van der Waals surface area contributed by atoms with Gasteiger partial charge in [0.15, 0.2) is 5.75 Å². The number of methoxy groups -OCH3 is 1. The summed E-state index contributed by atoms with van der Waals surface area (Å²) in [4.78, 5) is 17.1. The van der Waals surface area contributed by atoms with E-state index in [-0.39, 0.29) is 22.2 Å². The molecule has 0 saturated carbocycles. The molecule has 3 aromatic rings. The van der Waals surface area contributed by atoms with Crippen molar-refractivity contribution in [2.24, 2.45) is 0 Å². The molecule has 7 heteroatoms. The van der Waals surface area contributed by atoms with E-state index >= 15 is 0 Å². The largest absolute Gasteiger partial charge is 0.494 e. The van der Waals surface area contributed by atoms with Gasteiger partial charge in [-0.3, -0.25) is 4.79 Å². The van der Waals surface area contributed by atoms with Gasteiger partial charge in [-0.15, -0.1) is 11.3 Å². The summed E-state index contributed by atoms with van der Waals surface area (Å²) in [5, 5.41) is 6.37. The molecule has 134 valence electrons. The number of amides is 1. The van der Waals surface area contributed by atoms with Crippen molar-refractivity contribution in [1.29, 1.82) is 0 Å². The highest BCUT2D eigenvalue weighted by Gasteiger charge is 2.19. The Morgan fingerprint density at radius 2 is 1.88 bits per heavy atom. The number of carbonyl (C=O) groups is 1. The Bertz CT molecular complexity index is 913. The smallest absolute Gasteiger partial charge is 0.256 e. The first kappa shape index (κ1) is 18.7. The van der Waals surface area contributed by atoms with Crippen LogP contribution in [0.3, 0.4) is 0 Å². The van der Waals surface area contributed by atoms with Gasteiger partial charge in [0.05, 0.1) is 34.4 Å². The lowest BCUT2D eigenvalue weighted by Crippen LogP contribution is -2.24. The first-order valence-corrected chi connectivity index (χ1v) is 9.49. The van der Waals surface area contributed by atoms with Gasteiger partial charge in [0.2, 0.25) is 0 Å². The number of rotatable bonds is 6. The second-order valence-corrected chi connectivity index (χ2v) is 7.27. The zero-order valence-electron chi connectivity index (χ0n) is 14.0. The van der Waals surface area contributed by atoms with E-state index in [1.807, 2.05) is 23.6 Å². The first-order chi connectivity index (χ1) is 12.6. The number of aromatic nitrogens is 1. The number of nitrogens with one attached hydrogen (secondary N) is 1. The van der Waals surface area contributed by atoms with Crippen molar-refractivity contribution in [3.05, 3.63) is 79.7 Å². The average molecular weight is 407 g/mol. The molecule has 1 N–H and O–H groups in total. The van der Waals surface area contributed by atoms with Gasteiger partial charge in [-0.1, -0.05) is 53.5 Å². The van der Waals surface area contributed by atoms with E-state index in [1.54, 1.807) is 23.5 Å². The van der Waals surface area contributed by atoms with Gasteiger partial charge < -0.3 is 10.1 Å². The van der Waals surface area contributed by atoms with Crippen LogP contribution in [0.1, 0.15) is 26.6 Å². The van der Waals surface area contributed by atoms with Crippen LogP contribution >= 0.6 is 34.5 Å². The normalized spacial score (nSPS) is 10.6. The van der Waals surface area contributed by atoms with Crippen molar-refractivity contribution < 1.29 is 9.53 Å². The molecule has 0 fully saturated rings. The van der Waals surface area contributed by atoms with Crippen LogP contribution < -0.4 is 10.1 Å². The minimum atomic E-state index is -0.355. The molecule has 0 unspecified atom stereocenters. The number of benzene rings is 2. The van der Waals surface area contributed by atoms with E-state index in [0.29, 0.717) is 11.6 Å². The van der Waals surface area contributed by atoms with Crippen molar-refractivity contribution in [3.8, 4) is 5.75 Å². The van der Waals surface area contributed by atoms with Crippen molar-refractivity contribution in [3.63, 3.8) is 0 Å². The van der Waals surface area contributed by atoms with Crippen LogP contribution in [0.15, 0.2) is 47.8 Å². The van der Waals surface area contributed by atoms with Gasteiger partial charge >= 0.3 is 0 Å². The minimum Gasteiger partial charge on any atom is -0.494 e. The van der Waals surface area contributed by atoms with Gasteiger partial charge in [-0.2, -0.15) is 0 Å². The summed E-state index contributed by atoms with van der Waals surface area (Å²) in [5.74, 6) is -0.0910. The molecule has 4 nitrogen and oxygen atoms in total. The standard InChI is InChI=1S/C19H16Cl2N2O2S/c1-25-18-15(21)8-7-14(20)17(18)19(24)22-10-13-11-26-16(23-13)9-12-5-3-2-4-6-12/h2-8,11H,9-10H2,1H3,(H,22,24). The van der Waals surface area contributed by atoms with Crippen LogP contribution in [0.4, 0.5) is 0 Å². The molecule has 0 atom stereocenters. The van der Waals surface area contributed by atoms with E-state index in [9.17, 15) is 4.79 Å². The Balaban J connectivity index is 1.67. The maximum absolute atomic E-state index is 12.5. The quantitative estimate of drug-likeness (QED) is 0.627. The molecule has 0 aliphatic carbocycles. The molecule has 0 radical (unpaired) electrons. The highest BCUT2D eigenvalue weighted by molar-refractivity contribution is 7.09. The molecule has 0 saturated heterocycles. The predicted molar refractivity (Wildman–Crippen MR) is 106 cm³/mol. The number of ether oxygens (including phenoxy) is 1. The summed E-state index contributed by atoms with van der Waals surface area (Å²) in [6.45, 7) is 0.302. The molecule has 26 heavy (non-hydrogen) atoms. The van der Waals surface area contributed by atoms with Gasteiger partial charge in [0.25, 0.3) is 5.91 Å². The van der Waals surface area contributed by atoms with Crippen molar-refractivity contribution in [2.45, 2.75) is 13.0 Å². The fraction of sp³-hybridized carbons (Fsp3) is 0.158. The average Bonchev–Trinajstić information content (AvgIpc) is 3.09. The van der Waals surface area contributed by atoms with Crippen molar-refractivity contribution in [2.75, 3.05) is 7.11 Å². The van der Waals surface area contributed by atoms with Crippen LogP contribution in [0.2, 0.25) is 10.0 Å². The molecule has 0 aliphatic rings. The Kier molecular flexibility index (Phi) is 6.14. The van der Waals surface area contributed by atoms with Gasteiger partial charge in [0.1, 0.15) is 5.56 Å². The third-order valence-corrected chi connectivity index (χ3v) is 5.23. The van der Waals surface area contributed by atoms with E-state index in [4.69, 9.17) is 27.9 Å². The van der Waals surface area contributed by atoms with E-state index in [1.165, 1.54) is 12.7 Å². The summed E-state index contributed by atoms with van der Waals surface area (Å²) in [7, 11) is 1.45. The topological polar surface area (TPSA) is 51.2 Å². The Labute approximate surface area is 165 Å². The summed E-state index contributed by atoms with van der Waals surface area (Å²) in [5.41, 5.74) is 2.22. The highest BCUT2D eigenvalue weighted by atomic mass is 35.5. The molecule has 0 aliphatic heterocycles. The van der Waals surface area contributed by atoms with Gasteiger partial charge in [0, 0.05) is 11.8 Å². The molecular formula is C19H16Cl2N2O2S. The molecule has 2 aromatic carbocycles. The highest BCUT2D eigenvalue weighted by Crippen LogP contribution is 2.33. The molecule has 1 aromatic heterocycles. The Morgan fingerprint density at radius 3 is 2.62 bits per heavy atom. The Hall–Kier alpha value is -2.08. The van der Waals surface area contributed by atoms with Crippen molar-refractivity contribution in [1.82, 2.24) is 10.3 Å². The van der Waals surface area contributed by atoms with Gasteiger partial charge in [-0.05, 0) is 17.7 Å². The maximum atomic E-state index is 12.5. The molecule has 0 spiro atoms. The van der Waals surface area contributed by atoms with E-state index in [0.717, 1.165) is 17.1 Å². The molecule has 0 bridgehead atoms. The molecule has 1 heterocycles. The summed E-state index contributed by atoms with van der Waals surface area (Å²) in [6.07, 6.45) is 0.771. The summed E-state index contributed by atoms with van der Waals surface area (Å²) < 4.78 is 5.21. The number of carbonyl (C=O) groups excluding carboxylic acids is 1. The first-order valence-electron chi connectivity index (χ1n) is 7.86. The van der Waals surface area contributed by atoms with Crippen LogP contribution in [-0.4, -0.2) is 18.0 Å². The number of hydrogen-bond donors (Lipinski definition) is 1. The third-order valence-electron chi connectivity index (χ3n) is 3.72. The predicted octanol–water partition coefficient (Wildman–Crippen LogP) is 4.98. The Morgan fingerprint density at radius 1 is 1.15 bits per heavy atom. The van der Waals surface area contributed by atoms with Crippen LogP contribution in [0.5, 0.6) is 5.75 Å². The maximum Gasteiger partial charge on any atom is 0.256 e. The van der Waals surface area contributed by atoms with E-state index in [2.05, 4.69) is 22.4 Å². The zero-order chi connectivity index (χ0) is 18.5.